The summed E-state index contributed by atoms with van der Waals surface area (Å²) in [5.41, 5.74) is 6.45. The van der Waals surface area contributed by atoms with Gasteiger partial charge in [-0.2, -0.15) is 11.8 Å². The van der Waals surface area contributed by atoms with Crippen LogP contribution in [0.5, 0.6) is 0 Å². The number of thioether (sulfide) groups is 1. The second kappa shape index (κ2) is 68.5. The number of nitrogens with one attached hydrogen (secondary N) is 3. The summed E-state index contributed by atoms with van der Waals surface area (Å²) in [7, 11) is 5.02. The minimum atomic E-state index is -2.69. The number of aliphatic hydroxyl groups is 1. The third-order valence-electron chi connectivity index (χ3n) is 10.2. The molecule has 6 N–H and O–H groups in total. The number of allylic oxidation sites excluding steroid dienone is 1. The molecule has 2 saturated carbocycles. The maximum atomic E-state index is 10.4. The highest BCUT2D eigenvalue weighted by Crippen LogP contribution is 2.35. The van der Waals surface area contributed by atoms with Gasteiger partial charge in [-0.1, -0.05) is 144 Å². The summed E-state index contributed by atoms with van der Waals surface area (Å²) in [5.74, 6) is 5.95. The van der Waals surface area contributed by atoms with E-state index in [2.05, 4.69) is 139 Å². The molecule has 0 unspecified atom stereocenters. The van der Waals surface area contributed by atoms with Crippen LogP contribution in [0, 0.1) is 24.8 Å². The van der Waals surface area contributed by atoms with Crippen molar-refractivity contribution in [3.05, 3.63) is 84.3 Å². The van der Waals surface area contributed by atoms with Crippen molar-refractivity contribution >= 4 is 27.5 Å². The van der Waals surface area contributed by atoms with Crippen molar-refractivity contribution in [3.63, 3.8) is 0 Å². The number of hydrogen-bond donors (Lipinski definition) is 5. The van der Waals surface area contributed by atoms with Gasteiger partial charge in [0.2, 0.25) is 5.91 Å². The second-order valence-electron chi connectivity index (χ2n) is 20.0. The first-order chi connectivity index (χ1) is 37.4. The summed E-state index contributed by atoms with van der Waals surface area (Å²) in [6.45, 7) is 38.9. The number of hydrogen-bond acceptors (Lipinski definition) is 13. The van der Waals surface area contributed by atoms with Gasteiger partial charge < -0.3 is 21.5 Å². The number of amides is 1. The highest BCUT2D eigenvalue weighted by atomic mass is 32.2. The molecule has 0 radical (unpaired) electrons. The van der Waals surface area contributed by atoms with Gasteiger partial charge in [-0.05, 0) is 111 Å². The molecule has 0 spiro atoms. The lowest BCUT2D eigenvalue weighted by molar-refractivity contribution is -0.118. The average Bonchev–Trinajstić information content (AvgIpc) is 4.35. The van der Waals surface area contributed by atoms with Gasteiger partial charge in [0.05, 0.1) is 17.8 Å². The Kier molecular flexibility index (Phi) is 77.3. The number of carbonyl (C=O) groups excluding carboxylic acids is 1. The van der Waals surface area contributed by atoms with Crippen molar-refractivity contribution in [2.45, 2.75) is 236 Å². The van der Waals surface area contributed by atoms with E-state index < -0.39 is 15.4 Å². The predicted octanol–water partition coefficient (Wildman–Crippen LogP) is 14.1. The number of primary amides is 1. The van der Waals surface area contributed by atoms with Gasteiger partial charge in [0, 0.05) is 88.3 Å². The fourth-order valence-corrected chi connectivity index (χ4v) is 6.63. The first-order valence-corrected chi connectivity index (χ1v) is 32.8. The molecule has 0 saturated heterocycles. The molecule has 0 aromatic carbocycles. The van der Waals surface area contributed by atoms with E-state index in [1.54, 1.807) is 37.1 Å². The molecule has 79 heavy (non-hydrogen) atoms. The lowest BCUT2D eigenvalue weighted by Crippen LogP contribution is -2.21. The Labute approximate surface area is 493 Å². The maximum absolute atomic E-state index is 10.4. The van der Waals surface area contributed by atoms with Crippen molar-refractivity contribution in [2.24, 2.45) is 11.7 Å². The van der Waals surface area contributed by atoms with Crippen LogP contribution in [0.25, 0.3) is 4.85 Å². The summed E-state index contributed by atoms with van der Waals surface area (Å²) in [6.07, 6.45) is 44.1. The van der Waals surface area contributed by atoms with E-state index in [1.807, 2.05) is 60.6 Å². The summed E-state index contributed by atoms with van der Waals surface area (Å²) in [5, 5.41) is 17.9. The number of rotatable bonds is 21. The van der Waals surface area contributed by atoms with E-state index in [0.717, 1.165) is 101 Å². The largest absolute Gasteiger partial charge is 0.390 e. The van der Waals surface area contributed by atoms with Crippen molar-refractivity contribution in [1.82, 2.24) is 40.8 Å². The predicted molar refractivity (Wildman–Crippen MR) is 349 cm³/mol. The minimum Gasteiger partial charge on any atom is -0.390 e. The molecule has 462 valence electrons. The Morgan fingerprint density at radius 3 is 1.58 bits per heavy atom. The molecule has 5 rings (SSSR count). The molecule has 16 heteroatoms. The highest BCUT2D eigenvalue weighted by molar-refractivity contribution is 7.98. The number of nitrogens with two attached hydrogens (primary N) is 1. The number of terminal acetylenes is 1. The summed E-state index contributed by atoms with van der Waals surface area (Å²) in [4.78, 5) is 31.4. The fraction of sp³-hybridized carbons (Fsp3) is 0.746. The number of carbonyl (C=O) groups is 1. The Balaban J connectivity index is -0.000000144. The van der Waals surface area contributed by atoms with Crippen LogP contribution in [0.15, 0.2) is 61.4 Å². The van der Waals surface area contributed by atoms with Gasteiger partial charge in [-0.3, -0.25) is 24.5 Å². The topological polar surface area (TPSA) is 193 Å². The molecule has 14 nitrogen and oxygen atoms in total. The van der Waals surface area contributed by atoms with Crippen LogP contribution < -0.4 is 21.7 Å². The Morgan fingerprint density at radius 2 is 1.41 bits per heavy atom. The lowest BCUT2D eigenvalue weighted by atomic mass is 10.0. The molecule has 0 atom stereocenters. The third kappa shape index (κ3) is 96.9. The average molecular weight is 1150 g/mol. The van der Waals surface area contributed by atoms with Crippen molar-refractivity contribution in [1.29, 1.82) is 0 Å². The highest BCUT2D eigenvalue weighted by Gasteiger charge is 2.49. The number of likely N-dealkylation sites (N-methyl/N-ethyl adjacent to an activating group) is 1. The van der Waals surface area contributed by atoms with E-state index in [0.29, 0.717) is 12.2 Å². The van der Waals surface area contributed by atoms with Crippen molar-refractivity contribution < 1.29 is 18.3 Å². The third-order valence-corrected chi connectivity index (χ3v) is 12.0. The summed E-state index contributed by atoms with van der Waals surface area (Å²) < 4.78 is 20.8. The molecule has 3 aliphatic rings. The van der Waals surface area contributed by atoms with Crippen LogP contribution in [0.2, 0.25) is 0 Å². The van der Waals surface area contributed by atoms with E-state index in [1.165, 1.54) is 81.8 Å². The molecule has 2 fully saturated rings. The number of nitrogens with zero attached hydrogens (tertiary/aromatic N) is 6. The van der Waals surface area contributed by atoms with Crippen LogP contribution >= 0.6 is 11.8 Å². The monoisotopic (exact) mass is 1150 g/mol. The van der Waals surface area contributed by atoms with Crippen LogP contribution in [-0.4, -0.2) is 121 Å². The maximum Gasteiger partial charge on any atom is 0.286 e. The zero-order valence-corrected chi connectivity index (χ0v) is 55.7. The smallest absolute Gasteiger partial charge is 0.286 e. The van der Waals surface area contributed by atoms with Gasteiger partial charge in [0.15, 0.2) is 0 Å². The zero-order valence-electron chi connectivity index (χ0n) is 54.1. The van der Waals surface area contributed by atoms with Gasteiger partial charge in [-0.25, -0.2) is 30.3 Å². The lowest BCUT2D eigenvalue weighted by Gasteiger charge is -2.14. The minimum absolute atomic E-state index is 0.125. The molecule has 1 amide bonds. The molecule has 1 aliphatic heterocycles. The molecule has 2 aliphatic carbocycles. The van der Waals surface area contributed by atoms with Crippen LogP contribution in [0.4, 0.5) is 0 Å². The molecular formula is C63H124N10O4S2. The van der Waals surface area contributed by atoms with Gasteiger partial charge >= 0.3 is 0 Å². The van der Waals surface area contributed by atoms with Gasteiger partial charge in [0.1, 0.15) is 15.7 Å². The molecule has 3 heterocycles. The number of aromatic nitrogens is 4. The SMILES string of the molecule is C#CCCC.C=C(C)CCC.CCCC.CCCC(C)(C)O.CCCC(N)=O.CCCC1CC1.CCCCS(C)(=O)=O.CCCCSC.CN1CC=CC1.CNCc1cnccn1.CNCc1ncccn1.[C-]#[N+]C1(NC)CC1. The first kappa shape index (κ1) is 89.1. The van der Waals surface area contributed by atoms with E-state index in [4.69, 9.17) is 23.8 Å². The van der Waals surface area contributed by atoms with Gasteiger partial charge in [0.25, 0.3) is 5.66 Å². The van der Waals surface area contributed by atoms with Crippen LogP contribution in [-0.2, 0) is 27.7 Å². The van der Waals surface area contributed by atoms with Gasteiger partial charge in [-0.15, -0.1) is 18.9 Å². The fourth-order valence-electron chi connectivity index (χ4n) is 5.24. The summed E-state index contributed by atoms with van der Waals surface area (Å²) >= 11 is 1.93. The Morgan fingerprint density at radius 1 is 0.861 bits per heavy atom. The van der Waals surface area contributed by atoms with E-state index in [-0.39, 0.29) is 11.6 Å². The normalized spacial score (nSPS) is 12.6. The molecule has 2 aromatic heterocycles. The zero-order chi connectivity index (χ0) is 62.1. The molecule has 2 aromatic rings. The van der Waals surface area contributed by atoms with Crippen molar-refractivity contribution in [3.8, 4) is 12.3 Å². The number of sulfone groups is 1. The number of unbranched alkanes of at least 4 members (excludes halogenated alkanes) is 4. The quantitative estimate of drug-likeness (QED) is 0.0343. The summed E-state index contributed by atoms with van der Waals surface area (Å²) in [6, 6.07) is 1.80. The standard InChI is InChI=1S/2C6H9N3.C6H14O.2C6H12.C5H8N2.C5H9N.C5H12O2S.C5H12S.C5H8.C4H9NO.C4H10/c1-7-4-6-5-8-2-3-9-6;1-7-5-6-8-3-2-4-9-6;1-4-5-6(2,3)7;1-2-3-6-4-5-6;1-4-5-6(2)3;1-6-5(7-2)3-4-5;1-6-4-2-3-5-6;1-3-4-5-8(2,6)7;1-3-4-5-6-2;1-3-5-4-2;1-2-3-4(5)6;1-3-4-2/h2-3,5,7H,4H2,1H3;2-4,7H,5H2,1H3;7H,4-5H2,1-3H3;6H,2-5H2,1H3;2,4-5H2,1,3H3;6H,3-4H2,1H3;2-3H,4-5H2,1H3;3-5H2,1-2H3;3-5H2,1-2H3;1H,4-5H2,2H3;2-3H2,1H3,(H2,5,6);3-4H2,1-2H3. The Bertz CT molecular complexity index is 1690. The van der Waals surface area contributed by atoms with Crippen molar-refractivity contribution in [2.75, 3.05) is 65.3 Å². The second-order valence-corrected chi connectivity index (χ2v) is 23.3. The molecule has 0 bridgehead atoms. The van der Waals surface area contributed by atoms with Crippen LogP contribution in [0.3, 0.4) is 0 Å². The molecular weight excluding hydrogens is 1020 g/mol. The first-order valence-electron chi connectivity index (χ1n) is 29.4. The Hall–Kier alpha value is -3.74. The van der Waals surface area contributed by atoms with Crippen LogP contribution in [0.1, 0.15) is 223 Å². The van der Waals surface area contributed by atoms with E-state index >= 15 is 0 Å². The van der Waals surface area contributed by atoms with E-state index in [9.17, 15) is 13.2 Å².